The maximum atomic E-state index is 11.1. The van der Waals surface area contributed by atoms with Crippen molar-refractivity contribution in [1.82, 2.24) is 4.98 Å². The highest BCUT2D eigenvalue weighted by atomic mass is 79.9. The average molecular weight is 241 g/mol. The molecular formula is C8H5BrN2O2. The summed E-state index contributed by atoms with van der Waals surface area (Å²) < 4.78 is 4.93. The summed E-state index contributed by atoms with van der Waals surface area (Å²) in [5.41, 5.74) is 0.482. The van der Waals surface area contributed by atoms with Crippen molar-refractivity contribution in [2.24, 2.45) is 0 Å². The van der Waals surface area contributed by atoms with E-state index in [0.29, 0.717) is 10.2 Å². The first-order chi connectivity index (χ1) is 6.17. The fraction of sp³-hybridized carbons (Fsp3) is 0.125. The Morgan fingerprint density at radius 1 is 1.69 bits per heavy atom. The molecule has 0 aliphatic carbocycles. The lowest BCUT2D eigenvalue weighted by Gasteiger charge is -1.99. The minimum atomic E-state index is -0.486. The number of nitriles is 1. The highest BCUT2D eigenvalue weighted by molar-refractivity contribution is 9.10. The molecule has 66 valence electrons. The molecule has 1 rings (SSSR count). The highest BCUT2D eigenvalue weighted by Gasteiger charge is 2.08. The Bertz CT molecular complexity index is 384. The number of esters is 1. The molecule has 0 radical (unpaired) electrons. The molecule has 0 atom stereocenters. The fourth-order valence-electron chi connectivity index (χ4n) is 0.790. The van der Waals surface area contributed by atoms with Crippen molar-refractivity contribution in [2.75, 3.05) is 7.11 Å². The molecule has 0 aliphatic heterocycles. The first kappa shape index (κ1) is 9.68. The molecule has 5 heteroatoms. The monoisotopic (exact) mass is 240 g/mol. The zero-order valence-corrected chi connectivity index (χ0v) is 8.33. The molecule has 0 saturated heterocycles. The van der Waals surface area contributed by atoms with Crippen LogP contribution >= 0.6 is 15.9 Å². The standard InChI is InChI=1S/C8H5BrN2O2/c1-13-8(12)5-2-6(4-10)11-7(9)3-5/h2-3H,1H3. The van der Waals surface area contributed by atoms with E-state index in [1.807, 2.05) is 6.07 Å². The van der Waals surface area contributed by atoms with Gasteiger partial charge >= 0.3 is 5.97 Å². The Kier molecular flexibility index (Phi) is 2.98. The van der Waals surface area contributed by atoms with Gasteiger partial charge in [0.05, 0.1) is 12.7 Å². The molecule has 0 aliphatic rings. The van der Waals surface area contributed by atoms with Crippen LogP contribution in [0.2, 0.25) is 0 Å². The van der Waals surface area contributed by atoms with Gasteiger partial charge in [-0.3, -0.25) is 0 Å². The summed E-state index contributed by atoms with van der Waals surface area (Å²) in [6.45, 7) is 0. The number of ether oxygens (including phenoxy) is 1. The molecule has 0 amide bonds. The molecule has 0 spiro atoms. The zero-order chi connectivity index (χ0) is 9.84. The number of hydrogen-bond acceptors (Lipinski definition) is 4. The predicted octanol–water partition coefficient (Wildman–Crippen LogP) is 1.50. The van der Waals surface area contributed by atoms with Crippen LogP contribution in [0.1, 0.15) is 16.1 Å². The van der Waals surface area contributed by atoms with E-state index in [1.165, 1.54) is 19.2 Å². The molecule has 13 heavy (non-hydrogen) atoms. The normalized spacial score (nSPS) is 9.00. The molecule has 4 nitrogen and oxygen atoms in total. The third-order valence-corrected chi connectivity index (χ3v) is 1.74. The molecule has 0 aromatic carbocycles. The number of halogens is 1. The van der Waals surface area contributed by atoms with Crippen LogP contribution in [0, 0.1) is 11.3 Å². The lowest BCUT2D eigenvalue weighted by atomic mass is 10.2. The van der Waals surface area contributed by atoms with Gasteiger partial charge in [-0.05, 0) is 28.1 Å². The van der Waals surface area contributed by atoms with Gasteiger partial charge in [-0.1, -0.05) is 0 Å². The van der Waals surface area contributed by atoms with Crippen molar-refractivity contribution in [1.29, 1.82) is 5.26 Å². The van der Waals surface area contributed by atoms with Crippen LogP contribution in [0.3, 0.4) is 0 Å². The van der Waals surface area contributed by atoms with Gasteiger partial charge in [0.1, 0.15) is 16.4 Å². The van der Waals surface area contributed by atoms with Crippen LogP contribution in [0.4, 0.5) is 0 Å². The molecule has 1 aromatic heterocycles. The summed E-state index contributed by atoms with van der Waals surface area (Å²) in [5.74, 6) is -0.486. The van der Waals surface area contributed by atoms with Crippen LogP contribution in [0.15, 0.2) is 16.7 Å². The second-order valence-electron chi connectivity index (χ2n) is 2.17. The number of hydrogen-bond donors (Lipinski definition) is 0. The molecule has 0 N–H and O–H groups in total. The van der Waals surface area contributed by atoms with Crippen molar-refractivity contribution in [2.45, 2.75) is 0 Å². The van der Waals surface area contributed by atoms with Gasteiger partial charge in [-0.15, -0.1) is 0 Å². The van der Waals surface area contributed by atoms with Crippen LogP contribution in [-0.2, 0) is 4.74 Å². The largest absolute Gasteiger partial charge is 0.465 e. The van der Waals surface area contributed by atoms with Crippen molar-refractivity contribution in [3.05, 3.63) is 28.0 Å². The number of methoxy groups -OCH3 is 1. The van der Waals surface area contributed by atoms with E-state index < -0.39 is 5.97 Å². The van der Waals surface area contributed by atoms with Crippen LogP contribution in [-0.4, -0.2) is 18.1 Å². The summed E-state index contributed by atoms with van der Waals surface area (Å²) in [4.78, 5) is 14.9. The van der Waals surface area contributed by atoms with E-state index in [0.717, 1.165) is 0 Å². The van der Waals surface area contributed by atoms with Gasteiger partial charge < -0.3 is 4.74 Å². The summed E-state index contributed by atoms with van der Waals surface area (Å²) in [6, 6.07) is 4.70. The Hall–Kier alpha value is -1.41. The topological polar surface area (TPSA) is 63.0 Å². The van der Waals surface area contributed by atoms with Gasteiger partial charge in [0.15, 0.2) is 0 Å². The van der Waals surface area contributed by atoms with Crippen LogP contribution < -0.4 is 0 Å². The molecule has 0 fully saturated rings. The van der Waals surface area contributed by atoms with E-state index in [-0.39, 0.29) is 5.69 Å². The van der Waals surface area contributed by atoms with Gasteiger partial charge in [0.2, 0.25) is 0 Å². The lowest BCUT2D eigenvalue weighted by Crippen LogP contribution is -2.02. The first-order valence-electron chi connectivity index (χ1n) is 3.33. The number of carbonyl (C=O) groups is 1. The summed E-state index contributed by atoms with van der Waals surface area (Å²) in [5, 5.41) is 8.56. The van der Waals surface area contributed by atoms with Gasteiger partial charge in [-0.25, -0.2) is 9.78 Å². The SMILES string of the molecule is COC(=O)c1cc(Br)nc(C#N)c1. The summed E-state index contributed by atoms with van der Waals surface area (Å²) in [7, 11) is 1.28. The number of nitrogens with zero attached hydrogens (tertiary/aromatic N) is 2. The van der Waals surface area contributed by atoms with Crippen molar-refractivity contribution in [3.8, 4) is 6.07 Å². The fourth-order valence-corrected chi connectivity index (χ4v) is 1.23. The Balaban J connectivity index is 3.17. The van der Waals surface area contributed by atoms with Crippen molar-refractivity contribution in [3.63, 3.8) is 0 Å². The van der Waals surface area contributed by atoms with E-state index in [1.54, 1.807) is 0 Å². The lowest BCUT2D eigenvalue weighted by molar-refractivity contribution is 0.0600. The van der Waals surface area contributed by atoms with Crippen molar-refractivity contribution >= 4 is 21.9 Å². The van der Waals surface area contributed by atoms with Gasteiger partial charge in [0.25, 0.3) is 0 Å². The molecule has 1 aromatic rings. The average Bonchev–Trinajstić information content (AvgIpc) is 2.15. The van der Waals surface area contributed by atoms with Gasteiger partial charge in [-0.2, -0.15) is 5.26 Å². The molecular weight excluding hydrogens is 236 g/mol. The van der Waals surface area contributed by atoms with E-state index in [9.17, 15) is 4.79 Å². The maximum Gasteiger partial charge on any atom is 0.338 e. The molecule has 0 saturated carbocycles. The highest BCUT2D eigenvalue weighted by Crippen LogP contribution is 2.11. The number of carbonyl (C=O) groups excluding carboxylic acids is 1. The number of pyridine rings is 1. The minimum Gasteiger partial charge on any atom is -0.465 e. The maximum absolute atomic E-state index is 11.1. The molecule has 0 unspecified atom stereocenters. The second kappa shape index (κ2) is 4.01. The predicted molar refractivity (Wildman–Crippen MR) is 48.0 cm³/mol. The number of aromatic nitrogens is 1. The molecule has 0 bridgehead atoms. The van der Waals surface area contributed by atoms with Crippen molar-refractivity contribution < 1.29 is 9.53 Å². The Labute approximate surface area is 83.3 Å². The van der Waals surface area contributed by atoms with E-state index in [4.69, 9.17) is 5.26 Å². The Morgan fingerprint density at radius 2 is 2.38 bits per heavy atom. The van der Waals surface area contributed by atoms with Gasteiger partial charge in [0, 0.05) is 0 Å². The zero-order valence-electron chi connectivity index (χ0n) is 6.74. The molecule has 1 heterocycles. The summed E-state index contributed by atoms with van der Waals surface area (Å²) in [6.07, 6.45) is 0. The quantitative estimate of drug-likeness (QED) is 0.552. The smallest absolute Gasteiger partial charge is 0.338 e. The van der Waals surface area contributed by atoms with E-state index >= 15 is 0 Å². The third kappa shape index (κ3) is 2.26. The first-order valence-corrected chi connectivity index (χ1v) is 4.12. The number of rotatable bonds is 1. The van der Waals surface area contributed by atoms with Crippen LogP contribution in [0.5, 0.6) is 0 Å². The third-order valence-electron chi connectivity index (χ3n) is 1.33. The Morgan fingerprint density at radius 3 is 2.92 bits per heavy atom. The summed E-state index contributed by atoms with van der Waals surface area (Å²) >= 11 is 3.08. The second-order valence-corrected chi connectivity index (χ2v) is 2.98. The van der Waals surface area contributed by atoms with Crippen LogP contribution in [0.25, 0.3) is 0 Å². The minimum absolute atomic E-state index is 0.176. The van der Waals surface area contributed by atoms with E-state index in [2.05, 4.69) is 25.7 Å².